The molecule has 0 saturated carbocycles. The molecule has 0 fully saturated rings. The summed E-state index contributed by atoms with van der Waals surface area (Å²) in [6, 6.07) is 5.14. The molecule has 2 heterocycles. The quantitative estimate of drug-likeness (QED) is 0.825. The Bertz CT molecular complexity index is 782. The highest BCUT2D eigenvalue weighted by Gasteiger charge is 2.19. The summed E-state index contributed by atoms with van der Waals surface area (Å²) in [6.45, 7) is 4.78. The van der Waals surface area contributed by atoms with Crippen LogP contribution >= 0.6 is 0 Å². The molecule has 0 unspecified atom stereocenters. The summed E-state index contributed by atoms with van der Waals surface area (Å²) in [5.41, 5.74) is 0.0703. The first-order chi connectivity index (χ1) is 11.5. The Kier molecular flexibility index (Phi) is 6.06. The van der Waals surface area contributed by atoms with Crippen LogP contribution in [0.25, 0.3) is 0 Å². The van der Waals surface area contributed by atoms with E-state index < -0.39 is 11.2 Å². The fraction of sp³-hybridized carbons (Fsp3) is 0.412. The van der Waals surface area contributed by atoms with Gasteiger partial charge in [-0.2, -0.15) is 0 Å². The van der Waals surface area contributed by atoms with E-state index in [1.165, 1.54) is 16.8 Å². The zero-order valence-corrected chi connectivity index (χ0v) is 13.9. The van der Waals surface area contributed by atoms with Crippen LogP contribution in [-0.2, 0) is 17.9 Å². The second-order valence-corrected chi connectivity index (χ2v) is 5.69. The monoisotopic (exact) mass is 330 g/mol. The maximum atomic E-state index is 12.6. The first kappa shape index (κ1) is 17.7. The number of amides is 1. The lowest BCUT2D eigenvalue weighted by Gasteiger charge is -2.29. The smallest absolute Gasteiger partial charge is 0.328 e. The number of hydrogen-bond donors (Lipinski definition) is 1. The number of pyridine rings is 1. The molecule has 7 nitrogen and oxygen atoms in total. The first-order valence-electron chi connectivity index (χ1n) is 7.99. The van der Waals surface area contributed by atoms with E-state index in [-0.39, 0.29) is 24.9 Å². The molecule has 0 radical (unpaired) electrons. The number of hydrogen-bond acceptors (Lipinski definition) is 4. The summed E-state index contributed by atoms with van der Waals surface area (Å²) >= 11 is 0. The first-order valence-corrected chi connectivity index (χ1v) is 7.99. The van der Waals surface area contributed by atoms with E-state index in [2.05, 4.69) is 9.97 Å². The Morgan fingerprint density at radius 1 is 1.29 bits per heavy atom. The van der Waals surface area contributed by atoms with Crippen LogP contribution in [0.4, 0.5) is 0 Å². The van der Waals surface area contributed by atoms with Gasteiger partial charge in [-0.25, -0.2) is 4.79 Å². The Morgan fingerprint density at radius 3 is 2.62 bits per heavy atom. The molecule has 0 aliphatic heterocycles. The van der Waals surface area contributed by atoms with Crippen molar-refractivity contribution in [3.63, 3.8) is 0 Å². The molecule has 0 aliphatic rings. The fourth-order valence-corrected chi connectivity index (χ4v) is 2.38. The summed E-state index contributed by atoms with van der Waals surface area (Å²) in [4.78, 5) is 43.4. The molecule has 2 rings (SSSR count). The molecule has 128 valence electrons. The van der Waals surface area contributed by atoms with Crippen molar-refractivity contribution in [3.05, 3.63) is 63.2 Å². The lowest BCUT2D eigenvalue weighted by molar-refractivity contribution is -0.134. The number of carbonyl (C=O) groups excluding carboxylic acids is 1. The standard InChI is InChI=1S/C17H22N4O3/c1-3-13(2)21(12-14-4-8-18-9-5-14)16(23)7-11-20-10-6-15(22)19-17(20)24/h4-6,8-10,13H,3,7,11-12H2,1-2H3,(H,19,22,24)/t13-/m1/s1. The van der Waals surface area contributed by atoms with Crippen LogP contribution < -0.4 is 11.2 Å². The van der Waals surface area contributed by atoms with E-state index in [1.807, 2.05) is 30.9 Å². The largest absolute Gasteiger partial charge is 0.336 e. The molecule has 1 atom stereocenters. The van der Waals surface area contributed by atoms with Gasteiger partial charge in [0.2, 0.25) is 5.91 Å². The predicted octanol–water partition coefficient (Wildman–Crippen LogP) is 1.15. The van der Waals surface area contributed by atoms with Crippen molar-refractivity contribution in [1.82, 2.24) is 19.4 Å². The van der Waals surface area contributed by atoms with Crippen molar-refractivity contribution in [2.75, 3.05) is 0 Å². The highest BCUT2D eigenvalue weighted by Crippen LogP contribution is 2.12. The van der Waals surface area contributed by atoms with E-state index in [0.717, 1.165) is 12.0 Å². The maximum absolute atomic E-state index is 12.6. The van der Waals surface area contributed by atoms with Gasteiger partial charge < -0.3 is 9.47 Å². The summed E-state index contributed by atoms with van der Waals surface area (Å²) in [5.74, 6) is -0.0285. The van der Waals surface area contributed by atoms with E-state index in [9.17, 15) is 14.4 Å². The third kappa shape index (κ3) is 4.65. The van der Waals surface area contributed by atoms with Crippen LogP contribution in [0.2, 0.25) is 0 Å². The van der Waals surface area contributed by atoms with Gasteiger partial charge in [0.25, 0.3) is 5.56 Å². The van der Waals surface area contributed by atoms with Crippen molar-refractivity contribution in [1.29, 1.82) is 0 Å². The van der Waals surface area contributed by atoms with Gasteiger partial charge in [0.1, 0.15) is 0 Å². The molecule has 0 aromatic carbocycles. The van der Waals surface area contributed by atoms with Gasteiger partial charge in [0, 0.05) is 50.2 Å². The van der Waals surface area contributed by atoms with Crippen molar-refractivity contribution in [2.45, 2.75) is 45.8 Å². The average molecular weight is 330 g/mol. The number of aryl methyl sites for hydroxylation is 1. The lowest BCUT2D eigenvalue weighted by atomic mass is 10.1. The molecule has 1 N–H and O–H groups in total. The Labute approximate surface area is 140 Å². The van der Waals surface area contributed by atoms with Crippen LogP contribution in [0, 0.1) is 0 Å². The maximum Gasteiger partial charge on any atom is 0.328 e. The molecular weight excluding hydrogens is 308 g/mol. The molecule has 2 aromatic rings. The normalized spacial score (nSPS) is 11.9. The number of aromatic nitrogens is 3. The van der Waals surface area contributed by atoms with E-state index in [4.69, 9.17) is 0 Å². The van der Waals surface area contributed by atoms with Crippen LogP contribution in [0.1, 0.15) is 32.3 Å². The third-order valence-electron chi connectivity index (χ3n) is 4.01. The van der Waals surface area contributed by atoms with Crippen molar-refractivity contribution in [2.24, 2.45) is 0 Å². The highest BCUT2D eigenvalue weighted by atomic mass is 16.2. The van der Waals surface area contributed by atoms with E-state index >= 15 is 0 Å². The average Bonchev–Trinajstić information content (AvgIpc) is 2.59. The predicted molar refractivity (Wildman–Crippen MR) is 90.5 cm³/mol. The van der Waals surface area contributed by atoms with Crippen molar-refractivity contribution in [3.8, 4) is 0 Å². The molecule has 24 heavy (non-hydrogen) atoms. The second-order valence-electron chi connectivity index (χ2n) is 5.69. The summed E-state index contributed by atoms with van der Waals surface area (Å²) in [7, 11) is 0. The van der Waals surface area contributed by atoms with Gasteiger partial charge >= 0.3 is 5.69 Å². The van der Waals surface area contributed by atoms with Crippen LogP contribution in [-0.4, -0.2) is 31.4 Å². The number of H-pyrrole nitrogens is 1. The lowest BCUT2D eigenvalue weighted by Crippen LogP contribution is -2.39. The van der Waals surface area contributed by atoms with E-state index in [0.29, 0.717) is 6.54 Å². The molecule has 7 heteroatoms. The summed E-state index contributed by atoms with van der Waals surface area (Å²) < 4.78 is 1.33. The highest BCUT2D eigenvalue weighted by molar-refractivity contribution is 5.76. The Hall–Kier alpha value is -2.70. The van der Waals surface area contributed by atoms with Crippen LogP contribution in [0.5, 0.6) is 0 Å². The molecule has 0 spiro atoms. The van der Waals surface area contributed by atoms with Gasteiger partial charge in [-0.1, -0.05) is 6.92 Å². The number of nitrogens with one attached hydrogen (secondary N) is 1. The van der Waals surface area contributed by atoms with Crippen molar-refractivity contribution < 1.29 is 4.79 Å². The van der Waals surface area contributed by atoms with Crippen molar-refractivity contribution >= 4 is 5.91 Å². The number of carbonyl (C=O) groups is 1. The summed E-state index contributed by atoms with van der Waals surface area (Å²) in [5, 5.41) is 0. The van der Waals surface area contributed by atoms with Gasteiger partial charge in [-0.3, -0.25) is 19.6 Å². The number of aromatic amines is 1. The molecule has 0 aliphatic carbocycles. The van der Waals surface area contributed by atoms with Crippen LogP contribution in [0.3, 0.4) is 0 Å². The molecular formula is C17H22N4O3. The molecule has 2 aromatic heterocycles. The molecule has 1 amide bonds. The minimum Gasteiger partial charge on any atom is -0.336 e. The number of rotatable bonds is 7. The van der Waals surface area contributed by atoms with Gasteiger partial charge in [-0.05, 0) is 31.0 Å². The van der Waals surface area contributed by atoms with Gasteiger partial charge in [-0.15, -0.1) is 0 Å². The van der Waals surface area contributed by atoms with E-state index in [1.54, 1.807) is 12.4 Å². The zero-order valence-electron chi connectivity index (χ0n) is 13.9. The molecule has 0 bridgehead atoms. The fourth-order valence-electron chi connectivity index (χ4n) is 2.38. The molecule has 0 saturated heterocycles. The minimum absolute atomic E-state index is 0.0285. The zero-order chi connectivity index (χ0) is 17.5. The summed E-state index contributed by atoms with van der Waals surface area (Å²) in [6.07, 6.45) is 5.85. The second kappa shape index (κ2) is 8.24. The SMILES string of the molecule is CC[C@@H](C)N(Cc1ccncc1)C(=O)CCn1ccc(=O)[nH]c1=O. The number of nitrogens with zero attached hydrogens (tertiary/aromatic N) is 3. The Morgan fingerprint density at radius 2 is 2.00 bits per heavy atom. The van der Waals surface area contributed by atoms with Gasteiger partial charge in [0.05, 0.1) is 0 Å². The Balaban J connectivity index is 2.07. The van der Waals surface area contributed by atoms with Gasteiger partial charge in [0.15, 0.2) is 0 Å². The minimum atomic E-state index is -0.500. The topological polar surface area (TPSA) is 88.1 Å². The third-order valence-corrected chi connectivity index (χ3v) is 4.01. The van der Waals surface area contributed by atoms with Crippen LogP contribution in [0.15, 0.2) is 46.4 Å².